The van der Waals surface area contributed by atoms with Crippen LogP contribution < -0.4 is 10.2 Å². The van der Waals surface area contributed by atoms with Crippen LogP contribution in [0, 0.1) is 6.92 Å². The lowest BCUT2D eigenvalue weighted by molar-refractivity contribution is -0.133. The normalized spacial score (nSPS) is 16.9. The van der Waals surface area contributed by atoms with Crippen LogP contribution in [0.1, 0.15) is 109 Å². The number of fused-ring (bicyclic) bond motifs is 1. The van der Waals surface area contributed by atoms with E-state index in [0.29, 0.717) is 31.1 Å². The van der Waals surface area contributed by atoms with Gasteiger partial charge in [0.25, 0.3) is 0 Å². The molecule has 0 bridgehead atoms. The number of anilines is 1. The summed E-state index contributed by atoms with van der Waals surface area (Å²) in [5.41, 5.74) is 2.78. The Morgan fingerprint density at radius 3 is 2.21 bits per heavy atom. The number of benzene rings is 1. The number of piperazine rings is 1. The van der Waals surface area contributed by atoms with Crippen LogP contribution in [-0.2, 0) is 16.9 Å². The molecule has 8 nitrogen and oxygen atoms in total. The molecule has 0 spiro atoms. The summed E-state index contributed by atoms with van der Waals surface area (Å²) in [5.74, 6) is 1.09. The molecule has 1 aliphatic heterocycles. The lowest BCUT2D eigenvalue weighted by atomic mass is 9.89. The van der Waals surface area contributed by atoms with Gasteiger partial charge in [-0.25, -0.2) is 14.4 Å². The number of rotatable bonds is 8. The fourth-order valence-corrected chi connectivity index (χ4v) is 5.59. The van der Waals surface area contributed by atoms with Crippen molar-refractivity contribution in [1.82, 2.24) is 20.2 Å². The summed E-state index contributed by atoms with van der Waals surface area (Å²) in [4.78, 5) is 27.2. The summed E-state index contributed by atoms with van der Waals surface area (Å²) in [7, 11) is 1.00. The van der Waals surface area contributed by atoms with E-state index in [1.165, 1.54) is 5.56 Å². The van der Waals surface area contributed by atoms with E-state index in [4.69, 9.17) is 5.11 Å². The highest BCUT2D eigenvalue weighted by Crippen LogP contribution is 2.37. The lowest BCUT2D eigenvalue weighted by Crippen LogP contribution is -2.52. The number of alkyl halides is 1. The van der Waals surface area contributed by atoms with Gasteiger partial charge < -0.3 is 25.3 Å². The van der Waals surface area contributed by atoms with Crippen LogP contribution in [0.25, 0.3) is 0 Å². The van der Waals surface area contributed by atoms with Crippen molar-refractivity contribution in [2.75, 3.05) is 51.3 Å². The number of hydrogen-bond acceptors (Lipinski definition) is 7. The average Bonchev–Trinajstić information content (AvgIpc) is 3.40. The van der Waals surface area contributed by atoms with Crippen LogP contribution in [-0.4, -0.2) is 83.0 Å². The van der Waals surface area contributed by atoms with Crippen LogP contribution in [0.2, 0.25) is 0 Å². The van der Waals surface area contributed by atoms with Gasteiger partial charge in [0, 0.05) is 56.6 Å². The van der Waals surface area contributed by atoms with Crippen molar-refractivity contribution < 1.29 is 19.4 Å². The van der Waals surface area contributed by atoms with Crippen molar-refractivity contribution in [3.05, 3.63) is 52.5 Å². The molecule has 244 valence electrons. The lowest BCUT2D eigenvalue weighted by Gasteiger charge is -2.38. The van der Waals surface area contributed by atoms with Crippen LogP contribution in [0.5, 0.6) is 0 Å². The van der Waals surface area contributed by atoms with E-state index >= 15 is 0 Å². The van der Waals surface area contributed by atoms with Gasteiger partial charge in [-0.1, -0.05) is 52.8 Å². The number of nitrogens with one attached hydrogen (secondary N) is 1. The molecular weight excluding hydrogens is 545 g/mol. The fraction of sp³-hybridized carbons (Fsp3) is 0.676. The maximum absolute atomic E-state index is 14.7. The van der Waals surface area contributed by atoms with Crippen molar-refractivity contribution >= 4 is 11.7 Å². The molecule has 9 heteroatoms. The van der Waals surface area contributed by atoms with E-state index in [2.05, 4.69) is 27.1 Å². The molecule has 1 fully saturated rings. The molecule has 1 saturated heterocycles. The minimum Gasteiger partial charge on any atom is -0.400 e. The monoisotopic (exact) mass is 603 g/mol. The van der Waals surface area contributed by atoms with Crippen molar-refractivity contribution in [1.29, 1.82) is 0 Å². The van der Waals surface area contributed by atoms with Crippen LogP contribution >= 0.6 is 0 Å². The second-order valence-electron chi connectivity index (χ2n) is 11.8. The molecule has 2 aliphatic rings. The van der Waals surface area contributed by atoms with Gasteiger partial charge in [-0.05, 0) is 70.1 Å². The Bertz CT molecular complexity index is 1130. The summed E-state index contributed by atoms with van der Waals surface area (Å²) >= 11 is 0. The minimum atomic E-state index is -1.45. The average molecular weight is 604 g/mol. The standard InChI is InChI=1S/C29H42FN5O2.2C2H6.CH4O/c1-19-7-10-24-25(19)26(32-18-31-24)34-11-13-35(14-12-34)27(37)22(16-33-28(3,4)17-36)21-8-9-23(20(2)15-21)29(5,6)30;3*1-2/h8-9,15,18-19,22,33,36H,7,10-14,16-17H2,1-6H3;2*1-2H3;2H,1H3. The maximum Gasteiger partial charge on any atom is 0.231 e. The third kappa shape index (κ3) is 9.95. The first-order valence-electron chi connectivity index (χ1n) is 15.9. The predicted octanol–water partition coefficient (Wildman–Crippen LogP) is 5.49. The third-order valence-corrected chi connectivity index (χ3v) is 7.91. The first-order chi connectivity index (χ1) is 20.4. The van der Waals surface area contributed by atoms with Crippen LogP contribution in [0.3, 0.4) is 0 Å². The molecule has 2 unspecified atom stereocenters. The Hall–Kier alpha value is -2.62. The van der Waals surface area contributed by atoms with Gasteiger partial charge in [0.2, 0.25) is 5.91 Å². The molecule has 1 aromatic carbocycles. The van der Waals surface area contributed by atoms with Gasteiger partial charge >= 0.3 is 0 Å². The first-order valence-corrected chi connectivity index (χ1v) is 15.9. The number of carbonyl (C=O) groups is 1. The molecule has 2 aromatic rings. The molecule has 1 amide bonds. The summed E-state index contributed by atoms with van der Waals surface area (Å²) in [6.45, 7) is 22.1. The smallest absolute Gasteiger partial charge is 0.231 e. The highest BCUT2D eigenvalue weighted by molar-refractivity contribution is 5.84. The number of amides is 1. The van der Waals surface area contributed by atoms with E-state index in [-0.39, 0.29) is 12.5 Å². The SMILES string of the molecule is CC.CC.CO.Cc1cc(C(CNC(C)(C)CO)C(=O)N2CCN(c3ncnc4c3C(C)CC4)CC2)ccc1C(C)(C)F. The third-order valence-electron chi connectivity index (χ3n) is 7.91. The molecular formula is C34H58FN5O3. The zero-order valence-corrected chi connectivity index (χ0v) is 28.6. The van der Waals surface area contributed by atoms with Crippen molar-refractivity contribution in [2.24, 2.45) is 0 Å². The number of nitrogens with zero attached hydrogens (tertiary/aromatic N) is 4. The molecule has 43 heavy (non-hydrogen) atoms. The molecule has 3 N–H and O–H groups in total. The summed E-state index contributed by atoms with van der Waals surface area (Å²) in [6.07, 6.45) is 3.77. The van der Waals surface area contributed by atoms with Gasteiger partial charge in [0.05, 0.1) is 12.5 Å². The van der Waals surface area contributed by atoms with Crippen LogP contribution in [0.4, 0.5) is 10.2 Å². The number of aliphatic hydroxyl groups excluding tert-OH is 2. The number of hydrogen-bond donors (Lipinski definition) is 3. The Morgan fingerprint density at radius 1 is 1.07 bits per heavy atom. The molecule has 1 aliphatic carbocycles. The van der Waals surface area contributed by atoms with Crippen molar-refractivity contribution in [2.45, 2.75) is 105 Å². The van der Waals surface area contributed by atoms with Gasteiger partial charge in [0.15, 0.2) is 0 Å². The summed E-state index contributed by atoms with van der Waals surface area (Å²) < 4.78 is 14.7. The molecule has 1 aromatic heterocycles. The van der Waals surface area contributed by atoms with E-state index in [0.717, 1.165) is 55.7 Å². The molecule has 2 atom stereocenters. The second kappa shape index (κ2) is 17.6. The maximum atomic E-state index is 14.7. The van der Waals surface area contributed by atoms with Crippen molar-refractivity contribution in [3.63, 3.8) is 0 Å². The van der Waals surface area contributed by atoms with E-state index < -0.39 is 17.1 Å². The number of aryl methyl sites for hydroxylation is 2. The Labute approximate surface area is 260 Å². The largest absolute Gasteiger partial charge is 0.400 e. The Balaban J connectivity index is 0.00000145. The zero-order chi connectivity index (χ0) is 33.0. The summed E-state index contributed by atoms with van der Waals surface area (Å²) in [5, 5.41) is 20.1. The molecule has 0 saturated carbocycles. The van der Waals surface area contributed by atoms with Gasteiger partial charge in [-0.3, -0.25) is 4.79 Å². The van der Waals surface area contributed by atoms with Gasteiger partial charge in [-0.15, -0.1) is 0 Å². The number of aromatic nitrogens is 2. The predicted molar refractivity (Wildman–Crippen MR) is 176 cm³/mol. The first kappa shape index (κ1) is 38.4. The molecule has 2 heterocycles. The highest BCUT2D eigenvalue weighted by atomic mass is 19.1. The molecule has 4 rings (SSSR count). The quantitative estimate of drug-likeness (QED) is 0.367. The number of aliphatic hydroxyl groups is 2. The Kier molecular flexibility index (Phi) is 15.7. The van der Waals surface area contributed by atoms with E-state index in [1.807, 2.05) is 65.5 Å². The second-order valence-corrected chi connectivity index (χ2v) is 11.8. The summed E-state index contributed by atoms with van der Waals surface area (Å²) in [6, 6.07) is 5.62. The number of carbonyl (C=O) groups excluding carboxylic acids is 1. The number of halogens is 1. The van der Waals surface area contributed by atoms with Crippen LogP contribution in [0.15, 0.2) is 24.5 Å². The van der Waals surface area contributed by atoms with E-state index in [9.17, 15) is 14.3 Å². The minimum absolute atomic E-state index is 0.0394. The Morgan fingerprint density at radius 2 is 1.67 bits per heavy atom. The van der Waals surface area contributed by atoms with Gasteiger partial charge in [-0.2, -0.15) is 0 Å². The fourth-order valence-electron chi connectivity index (χ4n) is 5.59. The van der Waals surface area contributed by atoms with Gasteiger partial charge in [0.1, 0.15) is 17.8 Å². The van der Waals surface area contributed by atoms with E-state index in [1.54, 1.807) is 26.2 Å². The van der Waals surface area contributed by atoms with Crippen molar-refractivity contribution in [3.8, 4) is 0 Å². The highest BCUT2D eigenvalue weighted by Gasteiger charge is 2.33. The zero-order valence-electron chi connectivity index (χ0n) is 28.6. The molecule has 0 radical (unpaired) electrons. The topological polar surface area (TPSA) is 102 Å².